The Labute approximate surface area is 148 Å². The van der Waals surface area contributed by atoms with Crippen LogP contribution in [0.5, 0.6) is 5.75 Å². The van der Waals surface area contributed by atoms with E-state index in [0.717, 1.165) is 36.5 Å². The second-order valence-corrected chi connectivity index (χ2v) is 6.43. The lowest BCUT2D eigenvalue weighted by Gasteiger charge is -2.10. The molecule has 1 fully saturated rings. The molecule has 0 saturated carbocycles. The molecule has 1 unspecified atom stereocenters. The molecule has 0 radical (unpaired) electrons. The van der Waals surface area contributed by atoms with Gasteiger partial charge in [0, 0.05) is 19.2 Å². The number of ether oxygens (including phenoxy) is 1. The number of benzene rings is 1. The van der Waals surface area contributed by atoms with Crippen LogP contribution in [0.2, 0.25) is 0 Å². The zero-order chi connectivity index (χ0) is 17.3. The molecule has 2 heterocycles. The Hall–Kier alpha value is -2.40. The minimum absolute atomic E-state index is 0.127. The summed E-state index contributed by atoms with van der Waals surface area (Å²) in [6.45, 7) is 3.14. The summed E-state index contributed by atoms with van der Waals surface area (Å²) in [5, 5.41) is 6.32. The molecule has 1 aliphatic heterocycles. The molecular weight excluding hydrogens is 314 g/mol. The lowest BCUT2D eigenvalue weighted by molar-refractivity contribution is -0.121. The predicted molar refractivity (Wildman–Crippen MR) is 97.1 cm³/mol. The van der Waals surface area contributed by atoms with E-state index in [1.807, 2.05) is 42.5 Å². The van der Waals surface area contributed by atoms with Crippen LogP contribution in [0.1, 0.15) is 30.5 Å². The van der Waals surface area contributed by atoms with Crippen LogP contribution in [0.4, 0.5) is 0 Å². The fourth-order valence-corrected chi connectivity index (χ4v) is 2.93. The molecule has 0 bridgehead atoms. The van der Waals surface area contributed by atoms with Crippen LogP contribution in [0.3, 0.4) is 0 Å². The molecule has 3 rings (SSSR count). The van der Waals surface area contributed by atoms with E-state index in [-0.39, 0.29) is 5.91 Å². The second-order valence-electron chi connectivity index (χ2n) is 6.43. The van der Waals surface area contributed by atoms with Gasteiger partial charge < -0.3 is 15.4 Å². The quantitative estimate of drug-likeness (QED) is 0.776. The third-order valence-electron chi connectivity index (χ3n) is 4.47. The highest BCUT2D eigenvalue weighted by molar-refractivity contribution is 5.75. The Balaban J connectivity index is 1.37. The summed E-state index contributed by atoms with van der Waals surface area (Å²) in [4.78, 5) is 16.2. The van der Waals surface area contributed by atoms with E-state index in [1.165, 1.54) is 6.42 Å². The van der Waals surface area contributed by atoms with Crippen molar-refractivity contribution < 1.29 is 9.53 Å². The van der Waals surface area contributed by atoms with Gasteiger partial charge in [0.1, 0.15) is 12.4 Å². The van der Waals surface area contributed by atoms with Gasteiger partial charge in [-0.1, -0.05) is 18.2 Å². The molecule has 2 aromatic rings. The third-order valence-corrected chi connectivity index (χ3v) is 4.47. The number of carbonyl (C=O) groups is 1. The Morgan fingerprint density at radius 2 is 2.12 bits per heavy atom. The summed E-state index contributed by atoms with van der Waals surface area (Å²) < 4.78 is 5.71. The molecule has 5 nitrogen and oxygen atoms in total. The van der Waals surface area contributed by atoms with Crippen LogP contribution in [-0.2, 0) is 17.9 Å². The number of carbonyl (C=O) groups excluding carboxylic acids is 1. The third kappa shape index (κ3) is 5.87. The molecule has 1 aromatic heterocycles. The average Bonchev–Trinajstić information content (AvgIpc) is 3.18. The van der Waals surface area contributed by atoms with Crippen molar-refractivity contribution in [1.82, 2.24) is 15.6 Å². The zero-order valence-corrected chi connectivity index (χ0v) is 14.4. The van der Waals surface area contributed by atoms with Gasteiger partial charge in [-0.25, -0.2) is 0 Å². The van der Waals surface area contributed by atoms with E-state index in [2.05, 4.69) is 15.6 Å². The van der Waals surface area contributed by atoms with Gasteiger partial charge in [-0.05, 0) is 61.7 Å². The standard InChI is InChI=1S/C20H25N3O2/c24-20(9-6-17-10-12-21-13-17)23-14-16-4-7-19(8-5-16)25-15-18-3-1-2-11-22-18/h1-5,7-8,11,17,21H,6,9-10,12-15H2,(H,23,24). The van der Waals surface area contributed by atoms with E-state index < -0.39 is 0 Å². The number of pyridine rings is 1. The largest absolute Gasteiger partial charge is 0.487 e. The first-order chi connectivity index (χ1) is 12.3. The predicted octanol–water partition coefficient (Wildman–Crippen LogP) is 2.67. The number of aromatic nitrogens is 1. The van der Waals surface area contributed by atoms with Crippen molar-refractivity contribution in [2.24, 2.45) is 5.92 Å². The summed E-state index contributed by atoms with van der Waals surface area (Å²) in [5.41, 5.74) is 1.97. The lowest BCUT2D eigenvalue weighted by Crippen LogP contribution is -2.23. The molecule has 2 N–H and O–H groups in total. The number of nitrogens with one attached hydrogen (secondary N) is 2. The van der Waals surface area contributed by atoms with Crippen LogP contribution >= 0.6 is 0 Å². The number of hydrogen-bond acceptors (Lipinski definition) is 4. The van der Waals surface area contributed by atoms with Crippen molar-refractivity contribution in [2.75, 3.05) is 13.1 Å². The summed E-state index contributed by atoms with van der Waals surface area (Å²) in [6.07, 6.45) is 4.53. The topological polar surface area (TPSA) is 63.2 Å². The maximum absolute atomic E-state index is 11.9. The molecule has 5 heteroatoms. The van der Waals surface area contributed by atoms with Crippen molar-refractivity contribution in [2.45, 2.75) is 32.4 Å². The van der Waals surface area contributed by atoms with Crippen molar-refractivity contribution in [3.63, 3.8) is 0 Å². The number of rotatable bonds is 8. The van der Waals surface area contributed by atoms with Crippen LogP contribution in [0.15, 0.2) is 48.7 Å². The summed E-state index contributed by atoms with van der Waals surface area (Å²) >= 11 is 0. The highest BCUT2D eigenvalue weighted by Crippen LogP contribution is 2.15. The average molecular weight is 339 g/mol. The molecule has 0 spiro atoms. The van der Waals surface area contributed by atoms with Crippen LogP contribution in [0, 0.1) is 5.92 Å². The minimum atomic E-state index is 0.127. The van der Waals surface area contributed by atoms with Crippen molar-refractivity contribution in [1.29, 1.82) is 0 Å². The second kappa shape index (κ2) is 9.18. The molecule has 1 aromatic carbocycles. The lowest BCUT2D eigenvalue weighted by atomic mass is 10.0. The van der Waals surface area contributed by atoms with Gasteiger partial charge in [0.25, 0.3) is 0 Å². The summed E-state index contributed by atoms with van der Waals surface area (Å²) in [7, 11) is 0. The van der Waals surface area contributed by atoms with Gasteiger partial charge in [-0.3, -0.25) is 9.78 Å². The monoisotopic (exact) mass is 339 g/mol. The smallest absolute Gasteiger partial charge is 0.220 e. The molecule has 132 valence electrons. The fraction of sp³-hybridized carbons (Fsp3) is 0.400. The molecule has 25 heavy (non-hydrogen) atoms. The Morgan fingerprint density at radius 3 is 2.84 bits per heavy atom. The summed E-state index contributed by atoms with van der Waals surface area (Å²) in [5.74, 6) is 1.58. The molecule has 1 aliphatic rings. The van der Waals surface area contributed by atoms with E-state index in [4.69, 9.17) is 4.74 Å². The van der Waals surface area contributed by atoms with Crippen molar-refractivity contribution >= 4 is 5.91 Å². The highest BCUT2D eigenvalue weighted by Gasteiger charge is 2.15. The van der Waals surface area contributed by atoms with Gasteiger partial charge in [0.2, 0.25) is 5.91 Å². The first kappa shape index (κ1) is 17.4. The van der Waals surface area contributed by atoms with E-state index >= 15 is 0 Å². The SMILES string of the molecule is O=C(CCC1CCNC1)NCc1ccc(OCc2ccccn2)cc1. The first-order valence-electron chi connectivity index (χ1n) is 8.88. The Bertz CT molecular complexity index is 652. The minimum Gasteiger partial charge on any atom is -0.487 e. The van der Waals surface area contributed by atoms with Crippen LogP contribution in [0.25, 0.3) is 0 Å². The molecule has 1 saturated heterocycles. The van der Waals surface area contributed by atoms with Crippen LogP contribution in [-0.4, -0.2) is 24.0 Å². The molecule has 1 amide bonds. The number of amides is 1. The molecule has 0 aliphatic carbocycles. The van der Waals surface area contributed by atoms with Gasteiger partial charge in [0.15, 0.2) is 0 Å². The van der Waals surface area contributed by atoms with Crippen molar-refractivity contribution in [3.8, 4) is 5.75 Å². The summed E-state index contributed by atoms with van der Waals surface area (Å²) in [6, 6.07) is 13.6. The van der Waals surface area contributed by atoms with E-state index in [9.17, 15) is 4.79 Å². The highest BCUT2D eigenvalue weighted by atomic mass is 16.5. The first-order valence-corrected chi connectivity index (χ1v) is 8.88. The van der Waals surface area contributed by atoms with Gasteiger partial charge in [0.05, 0.1) is 5.69 Å². The fourth-order valence-electron chi connectivity index (χ4n) is 2.93. The maximum Gasteiger partial charge on any atom is 0.220 e. The normalized spacial score (nSPS) is 16.6. The van der Waals surface area contributed by atoms with Gasteiger partial charge >= 0.3 is 0 Å². The molecule has 1 atom stereocenters. The number of nitrogens with zero attached hydrogens (tertiary/aromatic N) is 1. The zero-order valence-electron chi connectivity index (χ0n) is 14.4. The van der Waals surface area contributed by atoms with Crippen molar-refractivity contribution in [3.05, 3.63) is 59.9 Å². The van der Waals surface area contributed by atoms with E-state index in [1.54, 1.807) is 6.20 Å². The number of hydrogen-bond donors (Lipinski definition) is 2. The Morgan fingerprint density at radius 1 is 1.24 bits per heavy atom. The van der Waals surface area contributed by atoms with E-state index in [0.29, 0.717) is 25.5 Å². The van der Waals surface area contributed by atoms with Gasteiger partial charge in [-0.2, -0.15) is 0 Å². The van der Waals surface area contributed by atoms with Gasteiger partial charge in [-0.15, -0.1) is 0 Å². The Kier molecular flexibility index (Phi) is 6.40. The van der Waals surface area contributed by atoms with Crippen LogP contribution < -0.4 is 15.4 Å². The maximum atomic E-state index is 11.9. The molecular formula is C20H25N3O2.